The molecule has 4 nitrogen and oxygen atoms in total. The molecule has 92 valence electrons. The van der Waals surface area contributed by atoms with Gasteiger partial charge in [0.15, 0.2) is 0 Å². The first-order valence-electron chi connectivity index (χ1n) is 5.97. The molecule has 1 aromatic heterocycles. The number of carbonyl (C=O) groups excluding carboxylic acids is 1. The fourth-order valence-electron chi connectivity index (χ4n) is 2.42. The Labute approximate surface area is 105 Å². The normalized spacial score (nSPS) is 14.0. The van der Waals surface area contributed by atoms with Gasteiger partial charge in [-0.2, -0.15) is 5.10 Å². The van der Waals surface area contributed by atoms with Crippen LogP contribution in [-0.4, -0.2) is 20.7 Å². The molecule has 2 aromatic rings. The summed E-state index contributed by atoms with van der Waals surface area (Å²) >= 11 is 0. The number of fused-ring (bicyclic) bond motifs is 3. The summed E-state index contributed by atoms with van der Waals surface area (Å²) in [5, 5.41) is 13.6. The number of aryl methyl sites for hydroxylation is 1. The Morgan fingerprint density at radius 3 is 3.00 bits per heavy atom. The first-order valence-corrected chi connectivity index (χ1v) is 5.97. The van der Waals surface area contributed by atoms with Crippen LogP contribution in [0.3, 0.4) is 0 Å². The Hall–Kier alpha value is -1.94. The maximum Gasteiger partial charge on any atom is 0.143 e. The summed E-state index contributed by atoms with van der Waals surface area (Å²) in [6.45, 7) is 1.94. The van der Waals surface area contributed by atoms with Crippen LogP contribution in [0.25, 0.3) is 5.69 Å². The number of ketones is 1. The van der Waals surface area contributed by atoms with Crippen molar-refractivity contribution in [3.8, 4) is 5.69 Å². The van der Waals surface area contributed by atoms with Gasteiger partial charge in [0.05, 0.1) is 24.2 Å². The number of Topliss-reactive ketones (excluding diaryl/α,β-unsaturated/α-hetero) is 1. The standard InChI is InChI=1S/C14H14N2O2/c1-9-2-3-10-5-12(18)6-14-11(8-17)7-15-16(14)13(10)4-9/h2-4,7,17H,5-6,8H2,1H3. The van der Waals surface area contributed by atoms with Crippen LogP contribution in [0.4, 0.5) is 0 Å². The molecule has 18 heavy (non-hydrogen) atoms. The van der Waals surface area contributed by atoms with Crippen LogP contribution >= 0.6 is 0 Å². The Kier molecular flexibility index (Phi) is 2.52. The molecule has 1 aliphatic heterocycles. The van der Waals surface area contributed by atoms with E-state index in [2.05, 4.69) is 5.10 Å². The topological polar surface area (TPSA) is 55.1 Å². The van der Waals surface area contributed by atoms with Crippen molar-refractivity contribution >= 4 is 5.78 Å². The second-order valence-electron chi connectivity index (χ2n) is 4.71. The SMILES string of the molecule is Cc1ccc2c(c1)-n1ncc(CO)c1CC(=O)C2. The van der Waals surface area contributed by atoms with Gasteiger partial charge in [0.25, 0.3) is 0 Å². The molecule has 1 N–H and O–H groups in total. The highest BCUT2D eigenvalue weighted by atomic mass is 16.3. The van der Waals surface area contributed by atoms with Crippen molar-refractivity contribution in [2.75, 3.05) is 0 Å². The summed E-state index contributed by atoms with van der Waals surface area (Å²) in [6, 6.07) is 6.02. The van der Waals surface area contributed by atoms with Gasteiger partial charge < -0.3 is 5.11 Å². The number of carbonyl (C=O) groups is 1. The van der Waals surface area contributed by atoms with Crippen LogP contribution in [0.1, 0.15) is 22.4 Å². The minimum atomic E-state index is -0.0796. The molecule has 0 saturated heterocycles. The van der Waals surface area contributed by atoms with E-state index in [4.69, 9.17) is 0 Å². The zero-order chi connectivity index (χ0) is 12.7. The molecular formula is C14H14N2O2. The number of hydrogen-bond acceptors (Lipinski definition) is 3. The van der Waals surface area contributed by atoms with Crippen molar-refractivity contribution in [1.82, 2.24) is 9.78 Å². The third kappa shape index (κ3) is 1.66. The van der Waals surface area contributed by atoms with E-state index in [-0.39, 0.29) is 12.4 Å². The lowest BCUT2D eigenvalue weighted by Gasteiger charge is -2.09. The average molecular weight is 242 g/mol. The van der Waals surface area contributed by atoms with Crippen molar-refractivity contribution in [2.24, 2.45) is 0 Å². The van der Waals surface area contributed by atoms with Gasteiger partial charge in [-0.15, -0.1) is 0 Å². The van der Waals surface area contributed by atoms with Gasteiger partial charge in [0, 0.05) is 18.4 Å². The smallest absolute Gasteiger partial charge is 0.143 e. The molecule has 0 saturated carbocycles. The maximum absolute atomic E-state index is 11.9. The number of rotatable bonds is 1. The summed E-state index contributed by atoms with van der Waals surface area (Å²) in [5.41, 5.74) is 4.63. The molecule has 0 atom stereocenters. The number of benzene rings is 1. The predicted octanol–water partition coefficient (Wildman–Crippen LogP) is 1.34. The first kappa shape index (κ1) is 11.2. The predicted molar refractivity (Wildman–Crippen MR) is 66.6 cm³/mol. The van der Waals surface area contributed by atoms with Crippen molar-refractivity contribution in [1.29, 1.82) is 0 Å². The van der Waals surface area contributed by atoms with Crippen molar-refractivity contribution < 1.29 is 9.90 Å². The second kappa shape index (κ2) is 4.07. The first-order chi connectivity index (χ1) is 8.69. The molecule has 4 heteroatoms. The van der Waals surface area contributed by atoms with Gasteiger partial charge in [0.2, 0.25) is 0 Å². The third-order valence-corrected chi connectivity index (χ3v) is 3.35. The highest BCUT2D eigenvalue weighted by molar-refractivity contribution is 5.85. The van der Waals surface area contributed by atoms with Gasteiger partial charge in [-0.25, -0.2) is 4.68 Å². The monoisotopic (exact) mass is 242 g/mol. The van der Waals surface area contributed by atoms with E-state index < -0.39 is 0 Å². The molecular weight excluding hydrogens is 228 g/mol. The van der Waals surface area contributed by atoms with Gasteiger partial charge in [-0.3, -0.25) is 4.79 Å². The van der Waals surface area contributed by atoms with Crippen molar-refractivity contribution in [3.05, 3.63) is 46.8 Å². The van der Waals surface area contributed by atoms with Crippen LogP contribution < -0.4 is 0 Å². The molecule has 0 fully saturated rings. The largest absolute Gasteiger partial charge is 0.392 e. The van der Waals surface area contributed by atoms with E-state index in [0.717, 1.165) is 28.1 Å². The summed E-state index contributed by atoms with van der Waals surface area (Å²) < 4.78 is 1.79. The lowest BCUT2D eigenvalue weighted by molar-refractivity contribution is -0.117. The maximum atomic E-state index is 11.9. The fraction of sp³-hybridized carbons (Fsp3) is 0.286. The van der Waals surface area contributed by atoms with E-state index in [1.807, 2.05) is 25.1 Å². The van der Waals surface area contributed by atoms with Crippen LogP contribution in [0.5, 0.6) is 0 Å². The average Bonchev–Trinajstić information content (AvgIpc) is 2.68. The number of aromatic nitrogens is 2. The summed E-state index contributed by atoms with van der Waals surface area (Å²) in [6.07, 6.45) is 2.41. The summed E-state index contributed by atoms with van der Waals surface area (Å²) in [5.74, 6) is 0.161. The molecule has 1 aromatic carbocycles. The summed E-state index contributed by atoms with van der Waals surface area (Å²) in [7, 11) is 0. The molecule has 0 radical (unpaired) electrons. The zero-order valence-electron chi connectivity index (χ0n) is 10.2. The molecule has 1 aliphatic rings. The fourth-order valence-corrected chi connectivity index (χ4v) is 2.42. The van der Waals surface area contributed by atoms with Crippen molar-refractivity contribution in [3.63, 3.8) is 0 Å². The van der Waals surface area contributed by atoms with E-state index in [9.17, 15) is 9.90 Å². The molecule has 3 rings (SSSR count). The molecule has 0 bridgehead atoms. The highest BCUT2D eigenvalue weighted by Crippen LogP contribution is 2.25. The van der Waals surface area contributed by atoms with E-state index in [0.29, 0.717) is 12.8 Å². The van der Waals surface area contributed by atoms with E-state index >= 15 is 0 Å². The Morgan fingerprint density at radius 1 is 1.39 bits per heavy atom. The third-order valence-electron chi connectivity index (χ3n) is 3.35. The zero-order valence-corrected chi connectivity index (χ0v) is 10.2. The lowest BCUT2D eigenvalue weighted by atomic mass is 10.0. The van der Waals surface area contributed by atoms with Gasteiger partial charge in [0.1, 0.15) is 5.78 Å². The van der Waals surface area contributed by atoms with Gasteiger partial charge in [-0.1, -0.05) is 12.1 Å². The van der Waals surface area contributed by atoms with Crippen LogP contribution in [0, 0.1) is 6.92 Å². The molecule has 0 amide bonds. The quantitative estimate of drug-likeness (QED) is 0.821. The molecule has 0 unspecified atom stereocenters. The minimum absolute atomic E-state index is 0.0796. The molecule has 0 aliphatic carbocycles. The summed E-state index contributed by atoms with van der Waals surface area (Å²) in [4.78, 5) is 11.9. The van der Waals surface area contributed by atoms with E-state index in [1.54, 1.807) is 10.9 Å². The Bertz CT molecular complexity index is 629. The van der Waals surface area contributed by atoms with Crippen molar-refractivity contribution in [2.45, 2.75) is 26.4 Å². The number of hydrogen-bond donors (Lipinski definition) is 1. The van der Waals surface area contributed by atoms with Crippen LogP contribution in [0.2, 0.25) is 0 Å². The van der Waals surface area contributed by atoms with Crippen LogP contribution in [0.15, 0.2) is 24.4 Å². The molecule has 0 spiro atoms. The number of aliphatic hydroxyl groups is 1. The van der Waals surface area contributed by atoms with Gasteiger partial charge in [-0.05, 0) is 24.1 Å². The minimum Gasteiger partial charge on any atom is -0.392 e. The van der Waals surface area contributed by atoms with Crippen LogP contribution in [-0.2, 0) is 24.2 Å². The number of aliphatic hydroxyl groups excluding tert-OH is 1. The van der Waals surface area contributed by atoms with Gasteiger partial charge >= 0.3 is 0 Å². The second-order valence-corrected chi connectivity index (χ2v) is 4.71. The highest BCUT2D eigenvalue weighted by Gasteiger charge is 2.22. The lowest BCUT2D eigenvalue weighted by Crippen LogP contribution is -2.06. The molecule has 2 heterocycles. The Balaban J connectivity index is 2.27. The van der Waals surface area contributed by atoms with E-state index in [1.165, 1.54) is 0 Å². The number of nitrogens with zero attached hydrogens (tertiary/aromatic N) is 2. The Morgan fingerprint density at radius 2 is 2.22 bits per heavy atom.